The highest BCUT2D eigenvalue weighted by molar-refractivity contribution is 6.30. The van der Waals surface area contributed by atoms with Crippen molar-refractivity contribution in [3.05, 3.63) is 106 Å². The molecule has 0 saturated carbocycles. The molecule has 0 radical (unpaired) electrons. The molecule has 0 saturated heterocycles. The highest BCUT2D eigenvalue weighted by Crippen LogP contribution is 2.32. The van der Waals surface area contributed by atoms with Gasteiger partial charge in [0.1, 0.15) is 12.4 Å². The van der Waals surface area contributed by atoms with Gasteiger partial charge in [-0.25, -0.2) is 0 Å². The molecule has 1 aromatic heterocycles. The zero-order valence-electron chi connectivity index (χ0n) is 19.3. The van der Waals surface area contributed by atoms with Crippen molar-refractivity contribution in [3.8, 4) is 22.7 Å². The average molecular weight is 459 g/mol. The average Bonchev–Trinajstić information content (AvgIpc) is 3.16. The quantitative estimate of drug-likeness (QED) is 0.214. The molecule has 0 unspecified atom stereocenters. The molecule has 0 spiro atoms. The fourth-order valence-electron chi connectivity index (χ4n) is 3.97. The summed E-state index contributed by atoms with van der Waals surface area (Å²) in [7, 11) is 1.67. The zero-order valence-corrected chi connectivity index (χ0v) is 20.1. The molecule has 4 nitrogen and oxygen atoms in total. The van der Waals surface area contributed by atoms with Crippen molar-refractivity contribution in [2.24, 2.45) is 5.16 Å². The Morgan fingerprint density at radius 2 is 1.73 bits per heavy atom. The number of halogens is 1. The van der Waals surface area contributed by atoms with Crippen LogP contribution in [-0.2, 0) is 11.4 Å². The summed E-state index contributed by atoms with van der Waals surface area (Å²) in [4.78, 5) is 5.70. The van der Waals surface area contributed by atoms with Crippen molar-refractivity contribution in [1.29, 1.82) is 0 Å². The van der Waals surface area contributed by atoms with E-state index in [-0.39, 0.29) is 0 Å². The Bertz CT molecular complexity index is 1310. The van der Waals surface area contributed by atoms with E-state index in [0.29, 0.717) is 11.6 Å². The molecular formula is C28H27ClN2O2. The third kappa shape index (κ3) is 5.12. The lowest BCUT2D eigenvalue weighted by molar-refractivity contribution is 0.130. The number of rotatable bonds is 7. The molecule has 4 rings (SSSR count). The number of aromatic nitrogens is 1. The molecule has 5 heteroatoms. The summed E-state index contributed by atoms with van der Waals surface area (Å²) in [5.74, 6) is 0.803. The zero-order chi connectivity index (χ0) is 23.4. The molecular weight excluding hydrogens is 432 g/mol. The van der Waals surface area contributed by atoms with Gasteiger partial charge in [-0.1, -0.05) is 64.8 Å². The fraction of sp³-hybridized carbons (Fsp3) is 0.179. The van der Waals surface area contributed by atoms with Crippen LogP contribution in [0.1, 0.15) is 29.3 Å². The SMILES string of the molecule is COc1cccc(-c2cc(C(C)=NOCc3cccc(C)c3)c(C)n2-c2cccc(Cl)c2)c1. The Balaban J connectivity index is 1.74. The molecule has 0 fully saturated rings. The van der Waals surface area contributed by atoms with E-state index in [4.69, 9.17) is 21.2 Å². The van der Waals surface area contributed by atoms with E-state index < -0.39 is 0 Å². The number of oxime groups is 1. The molecule has 0 aliphatic carbocycles. The maximum Gasteiger partial charge on any atom is 0.142 e. The Hall–Kier alpha value is -3.50. The molecule has 0 N–H and O–H groups in total. The van der Waals surface area contributed by atoms with E-state index in [2.05, 4.69) is 47.8 Å². The summed E-state index contributed by atoms with van der Waals surface area (Å²) in [5.41, 5.74) is 8.22. The molecule has 4 aromatic rings. The highest BCUT2D eigenvalue weighted by atomic mass is 35.5. The molecule has 33 heavy (non-hydrogen) atoms. The molecule has 1 heterocycles. The molecule has 0 bridgehead atoms. The predicted octanol–water partition coefficient (Wildman–Crippen LogP) is 7.36. The summed E-state index contributed by atoms with van der Waals surface area (Å²) >= 11 is 6.32. The van der Waals surface area contributed by atoms with Crippen LogP contribution in [0.4, 0.5) is 0 Å². The van der Waals surface area contributed by atoms with Gasteiger partial charge in [-0.05, 0) is 62.7 Å². The predicted molar refractivity (Wildman–Crippen MR) is 136 cm³/mol. The smallest absolute Gasteiger partial charge is 0.142 e. The number of hydrogen-bond donors (Lipinski definition) is 0. The van der Waals surface area contributed by atoms with Gasteiger partial charge in [0.15, 0.2) is 0 Å². The number of hydrogen-bond acceptors (Lipinski definition) is 3. The number of methoxy groups -OCH3 is 1. The number of aryl methyl sites for hydroxylation is 1. The van der Waals surface area contributed by atoms with Gasteiger partial charge < -0.3 is 14.1 Å². The molecule has 0 atom stereocenters. The van der Waals surface area contributed by atoms with Gasteiger partial charge in [0.25, 0.3) is 0 Å². The Morgan fingerprint density at radius 1 is 0.939 bits per heavy atom. The van der Waals surface area contributed by atoms with E-state index in [1.54, 1.807) is 7.11 Å². The first kappa shape index (κ1) is 22.7. The van der Waals surface area contributed by atoms with Gasteiger partial charge in [-0.2, -0.15) is 0 Å². The van der Waals surface area contributed by atoms with Gasteiger partial charge in [0.2, 0.25) is 0 Å². The van der Waals surface area contributed by atoms with Gasteiger partial charge in [-0.15, -0.1) is 0 Å². The number of benzene rings is 3. The maximum absolute atomic E-state index is 6.32. The van der Waals surface area contributed by atoms with Crippen LogP contribution >= 0.6 is 11.6 Å². The molecule has 0 aliphatic heterocycles. The van der Waals surface area contributed by atoms with Crippen molar-refractivity contribution >= 4 is 17.3 Å². The van der Waals surface area contributed by atoms with Crippen LogP contribution in [0, 0.1) is 13.8 Å². The summed E-state index contributed by atoms with van der Waals surface area (Å²) in [6, 6.07) is 26.3. The summed E-state index contributed by atoms with van der Waals surface area (Å²) < 4.78 is 7.64. The molecule has 3 aromatic carbocycles. The summed E-state index contributed by atoms with van der Waals surface area (Å²) in [6.45, 7) is 6.55. The minimum absolute atomic E-state index is 0.426. The van der Waals surface area contributed by atoms with Crippen LogP contribution < -0.4 is 4.74 Å². The van der Waals surface area contributed by atoms with Crippen molar-refractivity contribution in [1.82, 2.24) is 4.57 Å². The van der Waals surface area contributed by atoms with E-state index in [0.717, 1.165) is 45.2 Å². The van der Waals surface area contributed by atoms with Gasteiger partial charge >= 0.3 is 0 Å². The first-order valence-electron chi connectivity index (χ1n) is 10.8. The van der Waals surface area contributed by atoms with Crippen molar-refractivity contribution < 1.29 is 9.57 Å². The second-order valence-electron chi connectivity index (χ2n) is 8.02. The summed E-state index contributed by atoms with van der Waals surface area (Å²) in [6.07, 6.45) is 0. The first-order valence-corrected chi connectivity index (χ1v) is 11.2. The largest absolute Gasteiger partial charge is 0.497 e. The van der Waals surface area contributed by atoms with Crippen molar-refractivity contribution in [2.45, 2.75) is 27.4 Å². The maximum atomic E-state index is 6.32. The van der Waals surface area contributed by atoms with E-state index in [9.17, 15) is 0 Å². The standard InChI is InChI=1S/C28H27ClN2O2/c1-19-8-5-9-22(14-19)18-33-30-20(2)27-17-28(23-10-6-13-26(15-23)32-4)31(21(27)3)25-12-7-11-24(29)16-25/h5-17H,18H2,1-4H3. The monoisotopic (exact) mass is 458 g/mol. The van der Waals surface area contributed by atoms with Gasteiger partial charge in [0.05, 0.1) is 18.5 Å². The lowest BCUT2D eigenvalue weighted by Crippen LogP contribution is -2.02. The van der Waals surface area contributed by atoms with Crippen molar-refractivity contribution in [2.75, 3.05) is 7.11 Å². The van der Waals surface area contributed by atoms with E-state index >= 15 is 0 Å². The highest BCUT2D eigenvalue weighted by Gasteiger charge is 2.18. The molecule has 0 aliphatic rings. The summed E-state index contributed by atoms with van der Waals surface area (Å²) in [5, 5.41) is 5.11. The molecule has 0 amide bonds. The second-order valence-corrected chi connectivity index (χ2v) is 8.45. The fourth-order valence-corrected chi connectivity index (χ4v) is 4.16. The number of ether oxygens (including phenoxy) is 1. The third-order valence-electron chi connectivity index (χ3n) is 5.58. The Kier molecular flexibility index (Phi) is 6.85. The van der Waals surface area contributed by atoms with Crippen LogP contribution in [0.5, 0.6) is 5.75 Å². The normalized spacial score (nSPS) is 11.5. The van der Waals surface area contributed by atoms with Crippen molar-refractivity contribution in [3.63, 3.8) is 0 Å². The third-order valence-corrected chi connectivity index (χ3v) is 5.82. The topological polar surface area (TPSA) is 35.8 Å². The van der Waals surface area contributed by atoms with Gasteiger partial charge in [0, 0.05) is 27.5 Å². The Labute approximate surface area is 200 Å². The lowest BCUT2D eigenvalue weighted by atomic mass is 10.1. The first-order chi connectivity index (χ1) is 16.0. The van der Waals surface area contributed by atoms with Crippen LogP contribution in [-0.4, -0.2) is 17.4 Å². The minimum atomic E-state index is 0.426. The van der Waals surface area contributed by atoms with Crippen LogP contribution in [0.15, 0.2) is 84.0 Å². The van der Waals surface area contributed by atoms with Crippen LogP contribution in [0.25, 0.3) is 16.9 Å². The van der Waals surface area contributed by atoms with E-state index in [1.807, 2.05) is 61.5 Å². The minimum Gasteiger partial charge on any atom is -0.497 e. The number of nitrogens with zero attached hydrogens (tertiary/aromatic N) is 2. The van der Waals surface area contributed by atoms with Crippen LogP contribution in [0.3, 0.4) is 0 Å². The van der Waals surface area contributed by atoms with Crippen LogP contribution in [0.2, 0.25) is 5.02 Å². The second kappa shape index (κ2) is 9.97. The Morgan fingerprint density at radius 3 is 2.48 bits per heavy atom. The lowest BCUT2D eigenvalue weighted by Gasteiger charge is -2.13. The van der Waals surface area contributed by atoms with Gasteiger partial charge in [-0.3, -0.25) is 0 Å². The molecule has 168 valence electrons. The van der Waals surface area contributed by atoms with E-state index in [1.165, 1.54) is 5.56 Å².